The van der Waals surface area contributed by atoms with Gasteiger partial charge in [0.15, 0.2) is 0 Å². The highest BCUT2D eigenvalue weighted by molar-refractivity contribution is 5.76. The second-order valence-electron chi connectivity index (χ2n) is 10.1. The van der Waals surface area contributed by atoms with Crippen LogP contribution in [0.2, 0.25) is 0 Å². The largest absolute Gasteiger partial charge is 0.457 e. The van der Waals surface area contributed by atoms with Crippen molar-refractivity contribution in [1.82, 2.24) is 9.80 Å². The average Bonchev–Trinajstić information content (AvgIpc) is 2.93. The molecule has 1 aliphatic rings. The van der Waals surface area contributed by atoms with Gasteiger partial charge >= 0.3 is 0 Å². The number of rotatable bonds is 7. The smallest absolute Gasteiger partial charge is 0.222 e. The molecule has 1 aliphatic heterocycles. The van der Waals surface area contributed by atoms with Gasteiger partial charge in [-0.1, -0.05) is 58.0 Å². The number of carbonyl (C=O) groups excluding carboxylic acids is 1. The maximum absolute atomic E-state index is 12.8. The van der Waals surface area contributed by atoms with Crippen LogP contribution >= 0.6 is 0 Å². The summed E-state index contributed by atoms with van der Waals surface area (Å²) in [5, 5.41) is 0. The van der Waals surface area contributed by atoms with Crippen LogP contribution in [-0.4, -0.2) is 41.9 Å². The molecular formula is C27H38N2O2. The lowest BCUT2D eigenvalue weighted by molar-refractivity contribution is -0.132. The molecule has 1 fully saturated rings. The monoisotopic (exact) mass is 422 g/mol. The highest BCUT2D eigenvalue weighted by atomic mass is 16.5. The number of para-hydroxylation sites is 1. The minimum absolute atomic E-state index is 0.272. The normalized spacial score (nSPS) is 16.6. The van der Waals surface area contributed by atoms with Crippen LogP contribution in [0.5, 0.6) is 11.5 Å². The van der Waals surface area contributed by atoms with Crippen LogP contribution < -0.4 is 4.74 Å². The number of hydrogen-bond acceptors (Lipinski definition) is 3. The first-order valence-corrected chi connectivity index (χ1v) is 11.6. The first-order chi connectivity index (χ1) is 14.8. The van der Waals surface area contributed by atoms with Gasteiger partial charge in [0.25, 0.3) is 0 Å². The molecule has 0 aliphatic carbocycles. The topological polar surface area (TPSA) is 32.8 Å². The van der Waals surface area contributed by atoms with Gasteiger partial charge in [-0.05, 0) is 54.0 Å². The lowest BCUT2D eigenvalue weighted by Gasteiger charge is -2.26. The van der Waals surface area contributed by atoms with Gasteiger partial charge in [0.05, 0.1) is 0 Å². The number of hydrogen-bond donors (Lipinski definition) is 0. The van der Waals surface area contributed by atoms with Gasteiger partial charge in [-0.15, -0.1) is 0 Å². The van der Waals surface area contributed by atoms with Crippen molar-refractivity contribution in [2.75, 3.05) is 26.2 Å². The number of amides is 1. The SMILES string of the molecule is CC(CC(=O)N1CCCN(Cc2cccc(Oc3ccccc3)c2)CC1)CC(C)(C)C. The lowest BCUT2D eigenvalue weighted by atomic mass is 9.84. The van der Waals surface area contributed by atoms with Crippen LogP contribution in [0.1, 0.15) is 52.5 Å². The number of carbonyl (C=O) groups is 1. The summed E-state index contributed by atoms with van der Waals surface area (Å²) in [5.74, 6) is 2.46. The second kappa shape index (κ2) is 10.8. The summed E-state index contributed by atoms with van der Waals surface area (Å²) in [6, 6.07) is 18.2. The molecule has 3 rings (SSSR count). The Morgan fingerprint density at radius 3 is 2.45 bits per heavy atom. The Morgan fingerprint density at radius 2 is 1.71 bits per heavy atom. The summed E-state index contributed by atoms with van der Waals surface area (Å²) in [6.45, 7) is 13.5. The molecule has 2 aromatic rings. The van der Waals surface area contributed by atoms with Crippen LogP contribution in [0, 0.1) is 11.3 Å². The van der Waals surface area contributed by atoms with Gasteiger partial charge in [0.1, 0.15) is 11.5 Å². The highest BCUT2D eigenvalue weighted by Gasteiger charge is 2.23. The average molecular weight is 423 g/mol. The van der Waals surface area contributed by atoms with Crippen molar-refractivity contribution in [1.29, 1.82) is 0 Å². The van der Waals surface area contributed by atoms with Gasteiger partial charge in [-0.3, -0.25) is 9.69 Å². The molecule has 0 spiro atoms. The zero-order chi connectivity index (χ0) is 22.3. The van der Waals surface area contributed by atoms with Gasteiger partial charge in [-0.2, -0.15) is 0 Å². The fourth-order valence-corrected chi connectivity index (χ4v) is 4.51. The van der Waals surface area contributed by atoms with Crippen molar-refractivity contribution in [3.05, 3.63) is 60.2 Å². The van der Waals surface area contributed by atoms with Crippen LogP contribution in [0.4, 0.5) is 0 Å². The van der Waals surface area contributed by atoms with E-state index in [9.17, 15) is 4.79 Å². The van der Waals surface area contributed by atoms with Crippen LogP contribution in [0.3, 0.4) is 0 Å². The lowest BCUT2D eigenvalue weighted by Crippen LogP contribution is -2.36. The second-order valence-corrected chi connectivity index (χ2v) is 10.1. The Balaban J connectivity index is 1.51. The summed E-state index contributed by atoms with van der Waals surface area (Å²) in [6.07, 6.45) is 2.77. The van der Waals surface area contributed by atoms with E-state index in [4.69, 9.17) is 4.74 Å². The Bertz CT molecular complexity index is 829. The van der Waals surface area contributed by atoms with Crippen LogP contribution in [-0.2, 0) is 11.3 Å². The van der Waals surface area contributed by atoms with E-state index < -0.39 is 0 Å². The van der Waals surface area contributed by atoms with Crippen molar-refractivity contribution < 1.29 is 9.53 Å². The predicted molar refractivity (Wildman–Crippen MR) is 127 cm³/mol. The maximum Gasteiger partial charge on any atom is 0.222 e. The van der Waals surface area contributed by atoms with Crippen molar-refractivity contribution in [3.63, 3.8) is 0 Å². The third-order valence-electron chi connectivity index (χ3n) is 5.71. The number of nitrogens with zero attached hydrogens (tertiary/aromatic N) is 2. The maximum atomic E-state index is 12.8. The first-order valence-electron chi connectivity index (χ1n) is 11.6. The summed E-state index contributed by atoms with van der Waals surface area (Å²) in [5.41, 5.74) is 1.51. The van der Waals surface area contributed by atoms with Gasteiger partial charge in [0.2, 0.25) is 5.91 Å². The molecule has 0 N–H and O–H groups in total. The Kier molecular flexibility index (Phi) is 8.14. The molecule has 1 unspecified atom stereocenters. The first kappa shape index (κ1) is 23.3. The Hall–Kier alpha value is -2.33. The molecule has 0 saturated carbocycles. The summed E-state index contributed by atoms with van der Waals surface area (Å²) in [4.78, 5) is 17.4. The molecule has 0 radical (unpaired) electrons. The van der Waals surface area contributed by atoms with E-state index in [1.807, 2.05) is 36.4 Å². The summed E-state index contributed by atoms with van der Waals surface area (Å²) in [7, 11) is 0. The zero-order valence-electron chi connectivity index (χ0n) is 19.6. The van der Waals surface area contributed by atoms with E-state index in [1.165, 1.54) is 5.56 Å². The minimum Gasteiger partial charge on any atom is -0.457 e. The van der Waals surface area contributed by atoms with E-state index >= 15 is 0 Å². The third-order valence-corrected chi connectivity index (χ3v) is 5.71. The van der Waals surface area contributed by atoms with E-state index in [0.717, 1.165) is 57.1 Å². The van der Waals surface area contributed by atoms with Gasteiger partial charge in [-0.25, -0.2) is 0 Å². The molecular weight excluding hydrogens is 384 g/mol. The number of ether oxygens (including phenoxy) is 1. The summed E-state index contributed by atoms with van der Waals surface area (Å²) < 4.78 is 5.98. The van der Waals surface area contributed by atoms with Crippen molar-refractivity contribution >= 4 is 5.91 Å². The van der Waals surface area contributed by atoms with Gasteiger partial charge < -0.3 is 9.64 Å². The molecule has 1 atom stereocenters. The van der Waals surface area contributed by atoms with Crippen molar-refractivity contribution in [2.24, 2.45) is 11.3 Å². The summed E-state index contributed by atoms with van der Waals surface area (Å²) >= 11 is 0. The molecule has 1 amide bonds. The molecule has 0 aromatic heterocycles. The highest BCUT2D eigenvalue weighted by Crippen LogP contribution is 2.27. The quantitative estimate of drug-likeness (QED) is 0.551. The molecule has 168 valence electrons. The number of benzene rings is 2. The fraction of sp³-hybridized carbons (Fsp3) is 0.519. The van der Waals surface area contributed by atoms with E-state index in [0.29, 0.717) is 18.2 Å². The van der Waals surface area contributed by atoms with Crippen LogP contribution in [0.15, 0.2) is 54.6 Å². The molecule has 4 nitrogen and oxygen atoms in total. The van der Waals surface area contributed by atoms with E-state index in [-0.39, 0.29) is 5.41 Å². The Morgan fingerprint density at radius 1 is 0.968 bits per heavy atom. The van der Waals surface area contributed by atoms with Crippen molar-refractivity contribution in [2.45, 2.75) is 53.5 Å². The van der Waals surface area contributed by atoms with E-state index in [2.05, 4.69) is 55.7 Å². The van der Waals surface area contributed by atoms with Crippen molar-refractivity contribution in [3.8, 4) is 11.5 Å². The van der Waals surface area contributed by atoms with Gasteiger partial charge in [0, 0.05) is 39.1 Å². The minimum atomic E-state index is 0.272. The molecule has 0 bridgehead atoms. The molecule has 2 aromatic carbocycles. The molecule has 4 heteroatoms. The predicted octanol–water partition coefficient (Wildman–Crippen LogP) is 5.98. The van der Waals surface area contributed by atoms with Crippen LogP contribution in [0.25, 0.3) is 0 Å². The van der Waals surface area contributed by atoms with E-state index in [1.54, 1.807) is 0 Å². The standard InChI is InChI=1S/C27H38N2O2/c1-22(20-27(2,3)4)18-26(30)29-15-9-14-28(16-17-29)21-23-10-8-13-25(19-23)31-24-11-6-5-7-12-24/h5-8,10-13,19,22H,9,14-18,20-21H2,1-4H3. The molecule has 31 heavy (non-hydrogen) atoms. The molecule has 1 heterocycles. The fourth-order valence-electron chi connectivity index (χ4n) is 4.51. The zero-order valence-corrected chi connectivity index (χ0v) is 19.6. The Labute approximate surface area is 188 Å². The third kappa shape index (κ3) is 8.02. The molecule has 1 saturated heterocycles.